The van der Waals surface area contributed by atoms with E-state index in [4.69, 9.17) is 14.2 Å². The maximum absolute atomic E-state index is 12.5. The van der Waals surface area contributed by atoms with E-state index in [0.29, 0.717) is 25.4 Å². The molecule has 0 fully saturated rings. The Morgan fingerprint density at radius 1 is 1.07 bits per heavy atom. The van der Waals surface area contributed by atoms with Crippen molar-refractivity contribution >= 4 is 11.9 Å². The molecule has 1 N–H and O–H groups in total. The summed E-state index contributed by atoms with van der Waals surface area (Å²) in [5.74, 6) is -0.992. The first-order valence-electron chi connectivity index (χ1n) is 8.40. The largest absolute Gasteiger partial charge is 0.507 e. The Morgan fingerprint density at radius 3 is 2.44 bits per heavy atom. The molecule has 2 aromatic rings. The van der Waals surface area contributed by atoms with Gasteiger partial charge in [0, 0.05) is 26.3 Å². The van der Waals surface area contributed by atoms with E-state index in [2.05, 4.69) is 0 Å². The van der Waals surface area contributed by atoms with Crippen molar-refractivity contribution in [3.63, 3.8) is 0 Å². The molecule has 0 spiro atoms. The van der Waals surface area contributed by atoms with Crippen molar-refractivity contribution in [3.05, 3.63) is 59.7 Å². The van der Waals surface area contributed by atoms with Crippen LogP contribution < -0.4 is 4.74 Å². The summed E-state index contributed by atoms with van der Waals surface area (Å²) in [6.45, 7) is 0.691. The second-order valence-electron chi connectivity index (χ2n) is 5.75. The predicted molar refractivity (Wildman–Crippen MR) is 98.7 cm³/mol. The van der Waals surface area contributed by atoms with Crippen LogP contribution >= 0.6 is 0 Å². The minimum Gasteiger partial charge on any atom is -0.507 e. The standard InChI is InChI=1S/C20H23NO6/c1-25-11-10-21(13-15-6-4-3-5-7-15)19(23)14-27-20(24)17-9-8-16(26-2)12-18(17)22/h3-9,12,22H,10-11,13-14H2,1-2H3. The van der Waals surface area contributed by atoms with Crippen molar-refractivity contribution in [1.82, 2.24) is 4.90 Å². The molecule has 7 nitrogen and oxygen atoms in total. The van der Waals surface area contributed by atoms with E-state index >= 15 is 0 Å². The Balaban J connectivity index is 1.98. The van der Waals surface area contributed by atoms with Gasteiger partial charge in [-0.1, -0.05) is 30.3 Å². The number of aromatic hydroxyl groups is 1. The van der Waals surface area contributed by atoms with Gasteiger partial charge in [-0.3, -0.25) is 4.79 Å². The third-order valence-corrected chi connectivity index (χ3v) is 3.89. The highest BCUT2D eigenvalue weighted by Gasteiger charge is 2.19. The van der Waals surface area contributed by atoms with Crippen LogP contribution in [-0.4, -0.2) is 55.9 Å². The number of carbonyl (C=O) groups excluding carboxylic acids is 2. The number of rotatable bonds is 9. The SMILES string of the molecule is COCCN(Cc1ccccc1)C(=O)COC(=O)c1ccc(OC)cc1O. The maximum Gasteiger partial charge on any atom is 0.342 e. The van der Waals surface area contributed by atoms with Crippen molar-refractivity contribution in [3.8, 4) is 11.5 Å². The first-order valence-corrected chi connectivity index (χ1v) is 8.40. The second-order valence-corrected chi connectivity index (χ2v) is 5.75. The Bertz CT molecular complexity index is 762. The summed E-state index contributed by atoms with van der Waals surface area (Å²) in [5, 5.41) is 9.89. The molecule has 0 aliphatic carbocycles. The first-order chi connectivity index (χ1) is 13.0. The van der Waals surface area contributed by atoms with Crippen molar-refractivity contribution in [2.75, 3.05) is 34.0 Å². The molecule has 0 unspecified atom stereocenters. The lowest BCUT2D eigenvalue weighted by molar-refractivity contribution is -0.135. The lowest BCUT2D eigenvalue weighted by Gasteiger charge is -2.22. The molecule has 0 radical (unpaired) electrons. The fraction of sp³-hybridized carbons (Fsp3) is 0.300. The van der Waals surface area contributed by atoms with Crippen LogP contribution in [0.2, 0.25) is 0 Å². The molecule has 2 aromatic carbocycles. The number of phenols is 1. The van der Waals surface area contributed by atoms with Gasteiger partial charge in [-0.25, -0.2) is 4.79 Å². The molecule has 0 aromatic heterocycles. The Labute approximate surface area is 158 Å². The first kappa shape index (κ1) is 20.3. The van der Waals surface area contributed by atoms with E-state index in [0.717, 1.165) is 5.56 Å². The van der Waals surface area contributed by atoms with Gasteiger partial charge in [0.25, 0.3) is 5.91 Å². The zero-order chi connectivity index (χ0) is 19.6. The Kier molecular flexibility index (Phi) is 7.63. The minimum atomic E-state index is -0.782. The topological polar surface area (TPSA) is 85.3 Å². The highest BCUT2D eigenvalue weighted by atomic mass is 16.5. The normalized spacial score (nSPS) is 10.3. The van der Waals surface area contributed by atoms with Crippen LogP contribution in [0.4, 0.5) is 0 Å². The third-order valence-electron chi connectivity index (χ3n) is 3.89. The van der Waals surface area contributed by atoms with E-state index in [1.165, 1.54) is 25.3 Å². The number of benzene rings is 2. The lowest BCUT2D eigenvalue weighted by Crippen LogP contribution is -2.36. The van der Waals surface area contributed by atoms with Crippen molar-refractivity contribution < 1.29 is 28.9 Å². The molecule has 2 rings (SSSR count). The van der Waals surface area contributed by atoms with E-state index in [9.17, 15) is 14.7 Å². The summed E-state index contributed by atoms with van der Waals surface area (Å²) >= 11 is 0. The highest BCUT2D eigenvalue weighted by Crippen LogP contribution is 2.24. The van der Waals surface area contributed by atoms with Gasteiger partial charge in [-0.15, -0.1) is 0 Å². The smallest absolute Gasteiger partial charge is 0.342 e. The minimum absolute atomic E-state index is 0.0323. The fourth-order valence-corrected chi connectivity index (χ4v) is 2.40. The lowest BCUT2D eigenvalue weighted by atomic mass is 10.2. The molecule has 0 aliphatic heterocycles. The van der Waals surface area contributed by atoms with Gasteiger partial charge in [0.05, 0.1) is 13.7 Å². The quantitative estimate of drug-likeness (QED) is 0.679. The van der Waals surface area contributed by atoms with Crippen LogP contribution in [0.3, 0.4) is 0 Å². The molecule has 144 valence electrons. The molecule has 0 heterocycles. The molecule has 0 aliphatic rings. The van der Waals surface area contributed by atoms with Gasteiger partial charge < -0.3 is 24.2 Å². The molecule has 7 heteroatoms. The van der Waals surface area contributed by atoms with E-state index in [1.54, 1.807) is 12.0 Å². The maximum atomic E-state index is 12.5. The summed E-state index contributed by atoms with van der Waals surface area (Å²) in [4.78, 5) is 26.2. The number of hydrogen-bond acceptors (Lipinski definition) is 6. The zero-order valence-electron chi connectivity index (χ0n) is 15.4. The van der Waals surface area contributed by atoms with Crippen LogP contribution in [0, 0.1) is 0 Å². The highest BCUT2D eigenvalue weighted by molar-refractivity contribution is 5.94. The van der Waals surface area contributed by atoms with Crippen LogP contribution in [0.1, 0.15) is 15.9 Å². The van der Waals surface area contributed by atoms with E-state index in [-0.39, 0.29) is 17.2 Å². The van der Waals surface area contributed by atoms with E-state index in [1.807, 2.05) is 30.3 Å². The average molecular weight is 373 g/mol. The predicted octanol–water partition coefficient (Wildman–Crippen LogP) is 2.23. The summed E-state index contributed by atoms with van der Waals surface area (Å²) in [6.07, 6.45) is 0. The number of phenolic OH excluding ortho intramolecular Hbond substituents is 1. The summed E-state index contributed by atoms with van der Waals surface area (Å²) in [5.41, 5.74) is 0.927. The molecule has 1 amide bonds. The average Bonchev–Trinajstić information content (AvgIpc) is 2.69. The van der Waals surface area contributed by atoms with Crippen LogP contribution in [-0.2, 0) is 20.8 Å². The van der Waals surface area contributed by atoms with Gasteiger partial charge in [0.1, 0.15) is 17.1 Å². The number of nitrogens with zero attached hydrogens (tertiary/aromatic N) is 1. The molecule has 0 saturated heterocycles. The number of esters is 1. The Morgan fingerprint density at radius 2 is 1.81 bits per heavy atom. The van der Waals surface area contributed by atoms with Gasteiger partial charge in [-0.05, 0) is 17.7 Å². The van der Waals surface area contributed by atoms with Gasteiger partial charge in [0.15, 0.2) is 6.61 Å². The summed E-state index contributed by atoms with van der Waals surface area (Å²) in [7, 11) is 3.00. The number of amides is 1. The number of carbonyl (C=O) groups is 2. The molecule has 0 bridgehead atoms. The molecule has 0 saturated carbocycles. The van der Waals surface area contributed by atoms with Crippen LogP contribution in [0.25, 0.3) is 0 Å². The van der Waals surface area contributed by atoms with Crippen molar-refractivity contribution in [2.24, 2.45) is 0 Å². The fourth-order valence-electron chi connectivity index (χ4n) is 2.40. The van der Waals surface area contributed by atoms with Crippen LogP contribution in [0.5, 0.6) is 11.5 Å². The molecule has 27 heavy (non-hydrogen) atoms. The zero-order valence-corrected chi connectivity index (χ0v) is 15.4. The Hall–Kier alpha value is -3.06. The summed E-state index contributed by atoms with van der Waals surface area (Å²) in [6, 6.07) is 13.7. The molecular formula is C20H23NO6. The van der Waals surface area contributed by atoms with Crippen LogP contribution in [0.15, 0.2) is 48.5 Å². The van der Waals surface area contributed by atoms with E-state index < -0.39 is 12.6 Å². The molecule has 0 atom stereocenters. The monoisotopic (exact) mass is 373 g/mol. The van der Waals surface area contributed by atoms with Gasteiger partial charge >= 0.3 is 5.97 Å². The van der Waals surface area contributed by atoms with Crippen molar-refractivity contribution in [2.45, 2.75) is 6.54 Å². The number of hydrogen-bond donors (Lipinski definition) is 1. The summed E-state index contributed by atoms with van der Waals surface area (Å²) < 4.78 is 15.1. The third kappa shape index (κ3) is 6.00. The number of ether oxygens (including phenoxy) is 3. The van der Waals surface area contributed by atoms with Crippen molar-refractivity contribution in [1.29, 1.82) is 0 Å². The second kappa shape index (κ2) is 10.2. The number of methoxy groups -OCH3 is 2. The molecular weight excluding hydrogens is 350 g/mol. The van der Waals surface area contributed by atoms with Gasteiger partial charge in [-0.2, -0.15) is 0 Å². The van der Waals surface area contributed by atoms with Gasteiger partial charge in [0.2, 0.25) is 0 Å².